The van der Waals surface area contributed by atoms with Gasteiger partial charge in [0.15, 0.2) is 0 Å². The Morgan fingerprint density at radius 1 is 1.20 bits per heavy atom. The van der Waals surface area contributed by atoms with Crippen LogP contribution in [0.5, 0.6) is 0 Å². The average Bonchev–Trinajstić information content (AvgIpc) is 2.61. The number of rotatable bonds is 2. The van der Waals surface area contributed by atoms with Gasteiger partial charge in [-0.2, -0.15) is 0 Å². The average molecular weight is 287 g/mol. The minimum atomic E-state index is -0.784. The van der Waals surface area contributed by atoms with Crippen LogP contribution in [-0.2, 0) is 9.53 Å². The summed E-state index contributed by atoms with van der Waals surface area (Å²) in [5.74, 6) is -0.284. The van der Waals surface area contributed by atoms with Crippen LogP contribution in [0.2, 0.25) is 0 Å². The van der Waals surface area contributed by atoms with E-state index < -0.39 is 17.7 Å². The van der Waals surface area contributed by atoms with Crippen molar-refractivity contribution in [3.05, 3.63) is 0 Å². The Balaban J connectivity index is 0.000000796. The second-order valence-corrected chi connectivity index (χ2v) is 6.92. The number of hydrogen-bond donors (Lipinski definition) is 2. The van der Waals surface area contributed by atoms with Crippen molar-refractivity contribution in [2.45, 2.75) is 72.4 Å². The fraction of sp³-hybridized carbons (Fsp3) is 0.867. The standard InChI is InChI=1S/C11H19NO4.C4H10/c1-11(2,3)16-10(15)12-8-5-4-7(6-8)9(13)14;1-4(2)3/h7-8H,4-6H2,1-3H3,(H,12,15)(H,13,14);4H,1-3H3. The molecule has 1 amide bonds. The highest BCUT2D eigenvalue weighted by atomic mass is 16.6. The molecule has 118 valence electrons. The number of alkyl carbamates (subject to hydrolysis) is 1. The number of carboxylic acids is 1. The normalized spacial score (nSPS) is 21.9. The quantitative estimate of drug-likeness (QED) is 0.816. The maximum absolute atomic E-state index is 11.4. The number of carbonyl (C=O) groups excluding carboxylic acids is 1. The first-order valence-electron chi connectivity index (χ1n) is 7.23. The fourth-order valence-corrected chi connectivity index (χ4v) is 1.81. The topological polar surface area (TPSA) is 75.6 Å². The van der Waals surface area contributed by atoms with Crippen molar-refractivity contribution in [2.75, 3.05) is 0 Å². The molecule has 1 rings (SSSR count). The van der Waals surface area contributed by atoms with E-state index in [2.05, 4.69) is 26.1 Å². The van der Waals surface area contributed by atoms with Crippen LogP contribution < -0.4 is 5.32 Å². The van der Waals surface area contributed by atoms with E-state index in [1.165, 1.54) is 0 Å². The predicted octanol–water partition coefficient (Wildman–Crippen LogP) is 3.43. The number of amides is 1. The molecule has 0 heterocycles. The highest BCUT2D eigenvalue weighted by molar-refractivity contribution is 5.71. The maximum atomic E-state index is 11.4. The van der Waals surface area contributed by atoms with E-state index in [0.29, 0.717) is 19.3 Å². The van der Waals surface area contributed by atoms with E-state index in [4.69, 9.17) is 9.84 Å². The van der Waals surface area contributed by atoms with Crippen molar-refractivity contribution in [2.24, 2.45) is 11.8 Å². The molecule has 5 heteroatoms. The molecule has 0 aromatic heterocycles. The summed E-state index contributed by atoms with van der Waals surface area (Å²) in [6.45, 7) is 11.9. The minimum absolute atomic E-state index is 0.0732. The fourth-order valence-electron chi connectivity index (χ4n) is 1.81. The number of carbonyl (C=O) groups is 2. The first-order chi connectivity index (χ1) is 9.01. The van der Waals surface area contributed by atoms with E-state index in [1.54, 1.807) is 20.8 Å². The lowest BCUT2D eigenvalue weighted by atomic mass is 10.1. The summed E-state index contributed by atoms with van der Waals surface area (Å²) in [7, 11) is 0. The summed E-state index contributed by atoms with van der Waals surface area (Å²) < 4.78 is 5.10. The molecule has 0 aromatic carbocycles. The number of hydrogen-bond acceptors (Lipinski definition) is 3. The maximum Gasteiger partial charge on any atom is 0.407 e. The van der Waals surface area contributed by atoms with E-state index >= 15 is 0 Å². The van der Waals surface area contributed by atoms with E-state index in [1.807, 2.05) is 0 Å². The van der Waals surface area contributed by atoms with Crippen LogP contribution in [0.4, 0.5) is 4.79 Å². The third-order valence-corrected chi connectivity index (χ3v) is 2.50. The second-order valence-electron chi connectivity index (χ2n) is 6.92. The first-order valence-corrected chi connectivity index (χ1v) is 7.23. The highest BCUT2D eigenvalue weighted by Crippen LogP contribution is 2.25. The molecule has 1 aliphatic rings. The summed E-state index contributed by atoms with van der Waals surface area (Å²) in [4.78, 5) is 22.1. The smallest absolute Gasteiger partial charge is 0.407 e. The van der Waals surface area contributed by atoms with Crippen molar-refractivity contribution in [1.29, 1.82) is 0 Å². The van der Waals surface area contributed by atoms with Gasteiger partial charge in [0, 0.05) is 6.04 Å². The van der Waals surface area contributed by atoms with Gasteiger partial charge in [0.2, 0.25) is 0 Å². The Labute approximate surface area is 122 Å². The Kier molecular flexibility index (Phi) is 7.61. The summed E-state index contributed by atoms with van der Waals surface area (Å²) in [6.07, 6.45) is 1.35. The van der Waals surface area contributed by atoms with E-state index in [0.717, 1.165) is 5.92 Å². The highest BCUT2D eigenvalue weighted by Gasteiger charge is 2.31. The van der Waals surface area contributed by atoms with Crippen molar-refractivity contribution in [3.63, 3.8) is 0 Å². The van der Waals surface area contributed by atoms with Gasteiger partial charge in [-0.3, -0.25) is 4.79 Å². The van der Waals surface area contributed by atoms with Gasteiger partial charge >= 0.3 is 12.1 Å². The van der Waals surface area contributed by atoms with Gasteiger partial charge in [0.1, 0.15) is 5.60 Å². The molecule has 1 aliphatic carbocycles. The lowest BCUT2D eigenvalue weighted by molar-refractivity contribution is -0.141. The van der Waals surface area contributed by atoms with Crippen LogP contribution in [0, 0.1) is 11.8 Å². The zero-order valence-electron chi connectivity index (χ0n) is 13.5. The molecular formula is C15H29NO4. The molecule has 0 aliphatic heterocycles. The Bertz CT molecular complexity index is 318. The van der Waals surface area contributed by atoms with Gasteiger partial charge in [-0.1, -0.05) is 20.8 Å². The third kappa shape index (κ3) is 9.64. The third-order valence-electron chi connectivity index (χ3n) is 2.50. The largest absolute Gasteiger partial charge is 0.481 e. The Morgan fingerprint density at radius 3 is 2.05 bits per heavy atom. The van der Waals surface area contributed by atoms with Gasteiger partial charge < -0.3 is 15.2 Å². The van der Waals surface area contributed by atoms with Crippen molar-refractivity contribution in [1.82, 2.24) is 5.32 Å². The van der Waals surface area contributed by atoms with Gasteiger partial charge in [-0.15, -0.1) is 0 Å². The molecule has 0 radical (unpaired) electrons. The predicted molar refractivity (Wildman–Crippen MR) is 78.6 cm³/mol. The van der Waals surface area contributed by atoms with Crippen LogP contribution in [0.1, 0.15) is 60.8 Å². The molecular weight excluding hydrogens is 258 g/mol. The SMILES string of the molecule is CC(C)(C)OC(=O)NC1CCC(C(=O)O)C1.CC(C)C. The molecule has 5 nitrogen and oxygen atoms in total. The lowest BCUT2D eigenvalue weighted by Crippen LogP contribution is -2.38. The zero-order valence-corrected chi connectivity index (χ0v) is 13.5. The summed E-state index contributed by atoms with van der Waals surface area (Å²) in [5.41, 5.74) is -0.519. The number of ether oxygens (including phenoxy) is 1. The lowest BCUT2D eigenvalue weighted by Gasteiger charge is -2.21. The number of aliphatic carboxylic acids is 1. The number of carboxylic acid groups (broad SMARTS) is 1. The molecule has 2 unspecified atom stereocenters. The monoisotopic (exact) mass is 287 g/mol. The van der Waals surface area contributed by atoms with Gasteiger partial charge in [-0.25, -0.2) is 4.79 Å². The molecule has 0 saturated heterocycles. The minimum Gasteiger partial charge on any atom is -0.481 e. The molecule has 0 spiro atoms. The van der Waals surface area contributed by atoms with Gasteiger partial charge in [-0.05, 0) is 46.0 Å². The summed E-state index contributed by atoms with van der Waals surface area (Å²) in [5, 5.41) is 11.5. The molecule has 1 saturated carbocycles. The van der Waals surface area contributed by atoms with Crippen LogP contribution in [0.15, 0.2) is 0 Å². The molecule has 0 bridgehead atoms. The molecule has 1 fully saturated rings. The zero-order chi connectivity index (χ0) is 15.9. The van der Waals surface area contributed by atoms with E-state index in [-0.39, 0.29) is 12.0 Å². The van der Waals surface area contributed by atoms with Gasteiger partial charge in [0.25, 0.3) is 0 Å². The van der Waals surface area contributed by atoms with Gasteiger partial charge in [0.05, 0.1) is 5.92 Å². The Morgan fingerprint density at radius 2 is 1.70 bits per heavy atom. The number of nitrogens with one attached hydrogen (secondary N) is 1. The molecule has 2 N–H and O–H groups in total. The Hall–Kier alpha value is -1.26. The van der Waals surface area contributed by atoms with Crippen molar-refractivity contribution in [3.8, 4) is 0 Å². The van der Waals surface area contributed by atoms with Crippen molar-refractivity contribution >= 4 is 12.1 Å². The molecule has 20 heavy (non-hydrogen) atoms. The van der Waals surface area contributed by atoms with Crippen LogP contribution >= 0.6 is 0 Å². The van der Waals surface area contributed by atoms with Crippen LogP contribution in [0.3, 0.4) is 0 Å². The molecule has 0 aromatic rings. The van der Waals surface area contributed by atoms with Crippen molar-refractivity contribution < 1.29 is 19.4 Å². The second kappa shape index (κ2) is 8.12. The van der Waals surface area contributed by atoms with E-state index in [9.17, 15) is 9.59 Å². The first kappa shape index (κ1) is 18.7. The molecule has 2 atom stereocenters. The summed E-state index contributed by atoms with van der Waals surface area (Å²) >= 11 is 0. The van der Waals surface area contributed by atoms with Crippen LogP contribution in [0.25, 0.3) is 0 Å². The van der Waals surface area contributed by atoms with Crippen LogP contribution in [-0.4, -0.2) is 28.8 Å². The summed E-state index contributed by atoms with van der Waals surface area (Å²) in [6, 6.07) is -0.0732.